The van der Waals surface area contributed by atoms with Crippen LogP contribution in [0.2, 0.25) is 0 Å². The van der Waals surface area contributed by atoms with Gasteiger partial charge in [0.15, 0.2) is 0 Å². The smallest absolute Gasteiger partial charge is 0.252 e. The van der Waals surface area contributed by atoms with E-state index in [2.05, 4.69) is 22.1 Å². The molecule has 0 bridgehead atoms. The molecule has 0 atom stereocenters. The molecule has 0 saturated heterocycles. The van der Waals surface area contributed by atoms with Crippen molar-refractivity contribution in [1.82, 2.24) is 10.3 Å². The van der Waals surface area contributed by atoms with Gasteiger partial charge in [-0.2, -0.15) is 0 Å². The molecule has 0 aliphatic carbocycles. The molecule has 18 heavy (non-hydrogen) atoms. The second-order valence-corrected chi connectivity index (χ2v) is 3.38. The second-order valence-electron chi connectivity index (χ2n) is 3.38. The van der Waals surface area contributed by atoms with Crippen molar-refractivity contribution in [2.24, 2.45) is 0 Å². The van der Waals surface area contributed by atoms with Gasteiger partial charge in [-0.15, -0.1) is 0 Å². The highest BCUT2D eigenvalue weighted by molar-refractivity contribution is 5.94. The summed E-state index contributed by atoms with van der Waals surface area (Å²) in [5.41, 5.74) is 1.04. The fraction of sp³-hybridized carbons (Fsp3) is 0.385. The number of nitrogens with one attached hydrogen (secondary N) is 1. The summed E-state index contributed by atoms with van der Waals surface area (Å²) in [5, 5.41) is 11.3. The summed E-state index contributed by atoms with van der Waals surface area (Å²) in [4.78, 5) is 15.7. The van der Waals surface area contributed by atoms with Gasteiger partial charge in [-0.1, -0.05) is 11.8 Å². The lowest BCUT2D eigenvalue weighted by Gasteiger charge is -2.05. The van der Waals surface area contributed by atoms with Gasteiger partial charge in [0.25, 0.3) is 5.91 Å². The van der Waals surface area contributed by atoms with Crippen LogP contribution >= 0.6 is 0 Å². The fourth-order valence-corrected chi connectivity index (χ4v) is 1.26. The highest BCUT2D eigenvalue weighted by Gasteiger charge is 2.05. The Kier molecular flexibility index (Phi) is 6.47. The Morgan fingerprint density at radius 2 is 2.39 bits per heavy atom. The van der Waals surface area contributed by atoms with Gasteiger partial charge in [0.05, 0.1) is 12.2 Å². The molecule has 0 fully saturated rings. The van der Waals surface area contributed by atoms with E-state index in [1.54, 1.807) is 12.3 Å². The zero-order valence-electron chi connectivity index (χ0n) is 10.3. The van der Waals surface area contributed by atoms with Gasteiger partial charge in [0, 0.05) is 31.1 Å². The summed E-state index contributed by atoms with van der Waals surface area (Å²) in [6.45, 7) is 3.25. The molecule has 5 nitrogen and oxygen atoms in total. The first kappa shape index (κ1) is 14.2. The Hall–Kier alpha value is -1.90. The molecule has 0 radical (unpaired) electrons. The summed E-state index contributed by atoms with van der Waals surface area (Å²) < 4.78 is 5.12. The van der Waals surface area contributed by atoms with Crippen molar-refractivity contribution in [1.29, 1.82) is 0 Å². The fourth-order valence-electron chi connectivity index (χ4n) is 1.26. The van der Waals surface area contributed by atoms with E-state index >= 15 is 0 Å². The maximum Gasteiger partial charge on any atom is 0.252 e. The number of carbonyl (C=O) groups excluding carboxylic acids is 1. The molecule has 1 amide bonds. The van der Waals surface area contributed by atoms with Crippen molar-refractivity contribution < 1.29 is 14.6 Å². The molecule has 1 aromatic rings. The van der Waals surface area contributed by atoms with E-state index in [4.69, 9.17) is 9.84 Å². The van der Waals surface area contributed by atoms with Gasteiger partial charge >= 0.3 is 0 Å². The third kappa shape index (κ3) is 4.95. The van der Waals surface area contributed by atoms with Crippen LogP contribution in [0.15, 0.2) is 18.5 Å². The molecule has 96 valence electrons. The Morgan fingerprint density at radius 3 is 3.11 bits per heavy atom. The number of rotatable bonds is 5. The summed E-state index contributed by atoms with van der Waals surface area (Å²) in [5.74, 6) is 4.99. The maximum absolute atomic E-state index is 11.7. The van der Waals surface area contributed by atoms with Crippen LogP contribution in [-0.2, 0) is 4.74 Å². The molecule has 0 aliphatic heterocycles. The van der Waals surface area contributed by atoms with Crippen molar-refractivity contribution in [3.8, 4) is 11.8 Å². The van der Waals surface area contributed by atoms with E-state index in [0.717, 1.165) is 0 Å². The lowest BCUT2D eigenvalue weighted by Crippen LogP contribution is -2.27. The molecule has 0 unspecified atom stereocenters. The maximum atomic E-state index is 11.7. The topological polar surface area (TPSA) is 71.5 Å². The van der Waals surface area contributed by atoms with Crippen LogP contribution < -0.4 is 5.32 Å². The Balaban J connectivity index is 2.57. The molecular weight excluding hydrogens is 232 g/mol. The first-order valence-corrected chi connectivity index (χ1v) is 5.68. The minimum atomic E-state index is -0.217. The quantitative estimate of drug-likeness (QED) is 0.576. The highest BCUT2D eigenvalue weighted by atomic mass is 16.5. The summed E-state index contributed by atoms with van der Waals surface area (Å²) in [6, 6.07) is 1.63. The van der Waals surface area contributed by atoms with Crippen molar-refractivity contribution in [2.45, 2.75) is 6.92 Å². The standard InChI is InChI=1S/C13H16N2O3/c1-2-18-7-5-15-13(17)12-8-11(4-3-6-16)9-14-10-12/h8-10,16H,2,5-7H2,1H3,(H,15,17). The van der Waals surface area contributed by atoms with Crippen molar-refractivity contribution in [2.75, 3.05) is 26.4 Å². The molecule has 1 aromatic heterocycles. The normalized spacial score (nSPS) is 9.44. The molecule has 0 aliphatic rings. The van der Waals surface area contributed by atoms with E-state index < -0.39 is 0 Å². The molecule has 0 spiro atoms. The predicted octanol–water partition coefficient (Wildman–Crippen LogP) is 0.192. The van der Waals surface area contributed by atoms with Gasteiger partial charge < -0.3 is 15.2 Å². The van der Waals surface area contributed by atoms with Gasteiger partial charge in [0.1, 0.15) is 6.61 Å². The van der Waals surface area contributed by atoms with E-state index in [1.807, 2.05) is 6.92 Å². The van der Waals surface area contributed by atoms with E-state index in [-0.39, 0.29) is 12.5 Å². The van der Waals surface area contributed by atoms with Crippen LogP contribution in [0.25, 0.3) is 0 Å². The molecule has 0 saturated carbocycles. The first-order chi connectivity index (χ1) is 8.77. The Morgan fingerprint density at radius 1 is 1.56 bits per heavy atom. The monoisotopic (exact) mass is 248 g/mol. The van der Waals surface area contributed by atoms with Crippen LogP contribution in [0.4, 0.5) is 0 Å². The molecule has 5 heteroatoms. The van der Waals surface area contributed by atoms with Crippen LogP contribution in [0.1, 0.15) is 22.8 Å². The minimum absolute atomic E-state index is 0.213. The highest BCUT2D eigenvalue weighted by Crippen LogP contribution is 2.01. The number of pyridine rings is 1. The first-order valence-electron chi connectivity index (χ1n) is 5.68. The van der Waals surface area contributed by atoms with Gasteiger partial charge in [-0.25, -0.2) is 0 Å². The largest absolute Gasteiger partial charge is 0.384 e. The van der Waals surface area contributed by atoms with E-state index in [9.17, 15) is 4.79 Å². The van der Waals surface area contributed by atoms with Gasteiger partial charge in [-0.3, -0.25) is 9.78 Å². The van der Waals surface area contributed by atoms with Gasteiger partial charge in [0.2, 0.25) is 0 Å². The third-order valence-corrected chi connectivity index (χ3v) is 2.05. The predicted molar refractivity (Wildman–Crippen MR) is 67.0 cm³/mol. The van der Waals surface area contributed by atoms with Crippen molar-refractivity contribution in [3.05, 3.63) is 29.6 Å². The van der Waals surface area contributed by atoms with E-state index in [1.165, 1.54) is 6.20 Å². The number of amides is 1. The van der Waals surface area contributed by atoms with Crippen LogP contribution in [0.5, 0.6) is 0 Å². The number of carbonyl (C=O) groups is 1. The summed E-state index contributed by atoms with van der Waals surface area (Å²) in [7, 11) is 0. The molecular formula is C13H16N2O3. The lowest BCUT2D eigenvalue weighted by molar-refractivity contribution is 0.0922. The molecule has 0 aromatic carbocycles. The zero-order chi connectivity index (χ0) is 13.2. The number of aromatic nitrogens is 1. The lowest BCUT2D eigenvalue weighted by atomic mass is 10.2. The van der Waals surface area contributed by atoms with Crippen LogP contribution in [0.3, 0.4) is 0 Å². The number of aliphatic hydroxyl groups is 1. The third-order valence-electron chi connectivity index (χ3n) is 2.05. The molecule has 2 N–H and O–H groups in total. The average Bonchev–Trinajstić information content (AvgIpc) is 2.41. The number of hydrogen-bond donors (Lipinski definition) is 2. The number of hydrogen-bond acceptors (Lipinski definition) is 4. The summed E-state index contributed by atoms with van der Waals surface area (Å²) >= 11 is 0. The molecule has 1 heterocycles. The summed E-state index contributed by atoms with van der Waals surface area (Å²) in [6.07, 6.45) is 3.01. The number of nitrogens with zero attached hydrogens (tertiary/aromatic N) is 1. The van der Waals surface area contributed by atoms with Crippen LogP contribution in [0, 0.1) is 11.8 Å². The van der Waals surface area contributed by atoms with E-state index in [0.29, 0.717) is 30.9 Å². The Bertz CT molecular complexity index is 449. The van der Waals surface area contributed by atoms with Crippen molar-refractivity contribution >= 4 is 5.91 Å². The van der Waals surface area contributed by atoms with Crippen LogP contribution in [-0.4, -0.2) is 42.4 Å². The minimum Gasteiger partial charge on any atom is -0.384 e. The SMILES string of the molecule is CCOCCNC(=O)c1cncc(C#CCO)c1. The molecule has 1 rings (SSSR count). The number of ether oxygens (including phenoxy) is 1. The van der Waals surface area contributed by atoms with Crippen molar-refractivity contribution in [3.63, 3.8) is 0 Å². The number of aliphatic hydroxyl groups excluding tert-OH is 1. The second kappa shape index (κ2) is 8.23. The van der Waals surface area contributed by atoms with Gasteiger partial charge in [-0.05, 0) is 13.0 Å². The Labute approximate surface area is 106 Å². The zero-order valence-corrected chi connectivity index (χ0v) is 10.3. The average molecular weight is 248 g/mol.